The number of carbonyl (C=O) groups is 1. The lowest BCUT2D eigenvalue weighted by Gasteiger charge is -2.25. The molecule has 86 heavy (non-hydrogen) atoms. The van der Waals surface area contributed by atoms with Crippen molar-refractivity contribution in [3.63, 3.8) is 0 Å². The number of quaternary nitrogens is 1. The van der Waals surface area contributed by atoms with Gasteiger partial charge in [-0.25, -0.2) is 4.57 Å². The first-order valence-electron chi connectivity index (χ1n) is 35.2. The molecule has 3 atom stereocenters. The van der Waals surface area contributed by atoms with Crippen LogP contribution in [0.1, 0.15) is 284 Å². The van der Waals surface area contributed by atoms with E-state index in [2.05, 4.69) is 153 Å². The molecular weight excluding hydrogens is 1080 g/mol. The largest absolute Gasteiger partial charge is 0.472 e. The fourth-order valence-electron chi connectivity index (χ4n) is 9.64. The van der Waals surface area contributed by atoms with Crippen molar-refractivity contribution in [2.45, 2.75) is 296 Å². The van der Waals surface area contributed by atoms with Crippen LogP contribution in [0, 0.1) is 0 Å². The fraction of sp³-hybridized carbons (Fsp3) is 0.675. The second-order valence-corrected chi connectivity index (χ2v) is 26.0. The third-order valence-corrected chi connectivity index (χ3v) is 16.0. The maximum atomic E-state index is 13.0. The number of nitrogens with zero attached hydrogens (tertiary/aromatic N) is 1. The SMILES string of the molecule is CC/C=C\C/C=C\C/C=C\C/C=C\C/C=C\C/C=C\C/C=C\C/C=C\C/C=C\C/C=C\C/C=C\CCCCCCCC(=O)NC(COP(=O)(O)OCC[N+](C)(C)C)C(O)/C=C/CCCCCCCCCCCCCCCCCCCCCCCCC. The first-order valence-corrected chi connectivity index (χ1v) is 36.7. The van der Waals surface area contributed by atoms with Crippen LogP contribution in [0.3, 0.4) is 0 Å². The lowest BCUT2D eigenvalue weighted by molar-refractivity contribution is -0.870. The van der Waals surface area contributed by atoms with E-state index in [9.17, 15) is 19.4 Å². The van der Waals surface area contributed by atoms with E-state index in [-0.39, 0.29) is 19.1 Å². The molecule has 0 bridgehead atoms. The maximum absolute atomic E-state index is 13.0. The molecular formula is C77H134N2O6P+. The Bertz CT molecular complexity index is 1910. The zero-order valence-corrected chi connectivity index (χ0v) is 57.1. The molecule has 0 aromatic carbocycles. The monoisotopic (exact) mass is 1210 g/mol. The van der Waals surface area contributed by atoms with Gasteiger partial charge in [0.05, 0.1) is 39.9 Å². The average molecular weight is 1210 g/mol. The van der Waals surface area contributed by atoms with Gasteiger partial charge in [-0.3, -0.25) is 13.8 Å². The summed E-state index contributed by atoms with van der Waals surface area (Å²) in [4.78, 5) is 23.4. The second-order valence-electron chi connectivity index (χ2n) is 24.5. The molecule has 0 aromatic heterocycles. The average Bonchev–Trinajstić information content (AvgIpc) is 3.70. The minimum Gasteiger partial charge on any atom is -0.387 e. The molecule has 0 aliphatic heterocycles. The van der Waals surface area contributed by atoms with Gasteiger partial charge in [-0.1, -0.05) is 320 Å². The summed E-state index contributed by atoms with van der Waals surface area (Å²) in [5, 5.41) is 14.0. The summed E-state index contributed by atoms with van der Waals surface area (Å²) in [6.07, 6.45) is 101. The van der Waals surface area contributed by atoms with Crippen LogP contribution in [0.15, 0.2) is 146 Å². The van der Waals surface area contributed by atoms with Crippen molar-refractivity contribution in [3.05, 3.63) is 146 Å². The smallest absolute Gasteiger partial charge is 0.387 e. The van der Waals surface area contributed by atoms with Crippen LogP contribution in [0.5, 0.6) is 0 Å². The highest BCUT2D eigenvalue weighted by molar-refractivity contribution is 7.47. The zero-order chi connectivity index (χ0) is 62.6. The summed E-state index contributed by atoms with van der Waals surface area (Å²) < 4.78 is 23.8. The molecule has 0 radical (unpaired) electrons. The minimum atomic E-state index is -4.37. The number of amides is 1. The molecule has 0 fully saturated rings. The third-order valence-electron chi connectivity index (χ3n) is 15.1. The Morgan fingerprint density at radius 3 is 1.02 bits per heavy atom. The number of phosphoric ester groups is 1. The molecule has 8 nitrogen and oxygen atoms in total. The van der Waals surface area contributed by atoms with Gasteiger partial charge < -0.3 is 19.8 Å². The van der Waals surface area contributed by atoms with E-state index < -0.39 is 20.0 Å². The number of hydrogen-bond donors (Lipinski definition) is 3. The number of aliphatic hydroxyl groups excluding tert-OH is 1. The number of likely N-dealkylation sites (N-methyl/N-ethyl adjacent to an activating group) is 1. The summed E-state index contributed by atoms with van der Waals surface area (Å²) in [5.74, 6) is -0.199. The van der Waals surface area contributed by atoms with Gasteiger partial charge in [-0.2, -0.15) is 0 Å². The standard InChI is InChI=1S/C77H133N2O6P/c1-6-8-10-12-14-16-18-20-22-24-26-28-30-32-33-34-35-36-37-38-39-40-41-42-43-44-45-47-49-51-53-55-57-59-61-63-65-67-69-71-77(81)78-75(74-85-86(82,83)84-73-72-79(3,4)5)76(80)70-68-66-64-62-60-58-56-54-52-50-48-46-31-29-27-25-23-21-19-17-15-13-11-9-7-2/h8,10,14,16,20,22,26,28,32-33,35-36,38-39,41-42,44-45,49,51,55,57,68,70,75-76,80H,6-7,9,11-13,15,17-19,21,23-25,27,29-31,34,37,40,43,46-48,50,52-54,56,58-67,69,71-74H2,1-5H3,(H-,78,81,82,83)/p+1/b10-8-,16-14-,22-20-,28-26-,33-32-,36-35-,39-38-,42-41-,45-44-,51-49-,57-55-,70-68+. The van der Waals surface area contributed by atoms with Crippen molar-refractivity contribution < 1.29 is 32.9 Å². The Morgan fingerprint density at radius 2 is 0.698 bits per heavy atom. The van der Waals surface area contributed by atoms with Gasteiger partial charge in [0.15, 0.2) is 0 Å². The maximum Gasteiger partial charge on any atom is 0.472 e. The number of unbranched alkanes of at least 4 members (excludes halogenated alkanes) is 28. The van der Waals surface area contributed by atoms with Crippen molar-refractivity contribution in [1.82, 2.24) is 5.32 Å². The highest BCUT2D eigenvalue weighted by atomic mass is 31.2. The first-order chi connectivity index (χ1) is 42.0. The van der Waals surface area contributed by atoms with Crippen LogP contribution >= 0.6 is 7.82 Å². The molecule has 0 spiro atoms. The normalized spacial score (nSPS) is 14.5. The topological polar surface area (TPSA) is 105 Å². The zero-order valence-electron chi connectivity index (χ0n) is 56.3. The number of rotatable bonds is 63. The van der Waals surface area contributed by atoms with Gasteiger partial charge in [0.1, 0.15) is 13.2 Å². The Hall–Kier alpha value is -3.62. The first kappa shape index (κ1) is 82.4. The van der Waals surface area contributed by atoms with E-state index in [4.69, 9.17) is 9.05 Å². The lowest BCUT2D eigenvalue weighted by Crippen LogP contribution is -2.45. The van der Waals surface area contributed by atoms with Crippen molar-refractivity contribution in [1.29, 1.82) is 0 Å². The molecule has 3 N–H and O–H groups in total. The van der Waals surface area contributed by atoms with Crippen molar-refractivity contribution in [3.8, 4) is 0 Å². The van der Waals surface area contributed by atoms with Crippen LogP contribution in [0.4, 0.5) is 0 Å². The molecule has 0 heterocycles. The van der Waals surface area contributed by atoms with Gasteiger partial charge in [0.25, 0.3) is 0 Å². The van der Waals surface area contributed by atoms with E-state index >= 15 is 0 Å². The molecule has 0 aromatic rings. The minimum absolute atomic E-state index is 0.0504. The molecule has 0 aliphatic rings. The number of hydrogen-bond acceptors (Lipinski definition) is 5. The van der Waals surface area contributed by atoms with E-state index in [1.807, 2.05) is 27.2 Å². The number of carbonyl (C=O) groups excluding carboxylic acids is 1. The Kier molecular flexibility index (Phi) is 63.0. The Balaban J connectivity index is 4.20. The lowest BCUT2D eigenvalue weighted by atomic mass is 10.0. The van der Waals surface area contributed by atoms with Crippen LogP contribution in [-0.2, 0) is 18.4 Å². The van der Waals surface area contributed by atoms with Crippen LogP contribution in [0.25, 0.3) is 0 Å². The number of allylic oxidation sites excluding steroid dienone is 23. The van der Waals surface area contributed by atoms with Crippen LogP contribution in [-0.4, -0.2) is 73.4 Å². The predicted molar refractivity (Wildman–Crippen MR) is 378 cm³/mol. The third kappa shape index (κ3) is 67.9. The molecule has 0 saturated carbocycles. The second kappa shape index (κ2) is 65.8. The highest BCUT2D eigenvalue weighted by Gasteiger charge is 2.28. The van der Waals surface area contributed by atoms with Crippen LogP contribution in [0.2, 0.25) is 0 Å². The molecule has 0 aliphatic carbocycles. The Morgan fingerprint density at radius 1 is 0.407 bits per heavy atom. The van der Waals surface area contributed by atoms with Gasteiger partial charge in [-0.05, 0) is 103 Å². The fourth-order valence-corrected chi connectivity index (χ4v) is 10.4. The van der Waals surface area contributed by atoms with E-state index in [1.165, 1.54) is 135 Å². The summed E-state index contributed by atoms with van der Waals surface area (Å²) in [6.45, 7) is 4.70. The summed E-state index contributed by atoms with van der Waals surface area (Å²) in [7, 11) is 1.54. The number of nitrogens with one attached hydrogen (secondary N) is 1. The van der Waals surface area contributed by atoms with Crippen molar-refractivity contribution >= 4 is 13.7 Å². The number of aliphatic hydroxyl groups is 1. The highest BCUT2D eigenvalue weighted by Crippen LogP contribution is 2.43. The quantitative estimate of drug-likeness (QED) is 0.0243. The van der Waals surface area contributed by atoms with Crippen molar-refractivity contribution in [2.75, 3.05) is 40.9 Å². The van der Waals surface area contributed by atoms with E-state index in [0.717, 1.165) is 128 Å². The summed E-state index contributed by atoms with van der Waals surface area (Å²) in [5.41, 5.74) is 0. The van der Waals surface area contributed by atoms with E-state index in [0.29, 0.717) is 17.4 Å². The predicted octanol–water partition coefficient (Wildman–Crippen LogP) is 22.8. The van der Waals surface area contributed by atoms with Gasteiger partial charge in [0, 0.05) is 6.42 Å². The molecule has 9 heteroatoms. The van der Waals surface area contributed by atoms with E-state index in [1.54, 1.807) is 6.08 Å². The van der Waals surface area contributed by atoms with Gasteiger partial charge in [0.2, 0.25) is 5.91 Å². The molecule has 0 saturated heterocycles. The van der Waals surface area contributed by atoms with Crippen LogP contribution < -0.4 is 5.32 Å². The summed E-state index contributed by atoms with van der Waals surface area (Å²) >= 11 is 0. The van der Waals surface area contributed by atoms with Gasteiger partial charge in [-0.15, -0.1) is 0 Å². The summed E-state index contributed by atoms with van der Waals surface area (Å²) in [6, 6.07) is -0.870. The van der Waals surface area contributed by atoms with Gasteiger partial charge >= 0.3 is 7.82 Å². The molecule has 0 rings (SSSR count). The number of phosphoric acid groups is 1. The molecule has 1 amide bonds. The Labute approximate surface area is 531 Å². The molecule has 3 unspecified atom stereocenters. The molecule has 492 valence electrons. The van der Waals surface area contributed by atoms with Crippen molar-refractivity contribution in [2.24, 2.45) is 0 Å².